The number of hydrogen-bond donors (Lipinski definition) is 0. The van der Waals surface area contributed by atoms with Gasteiger partial charge in [0, 0.05) is 6.07 Å². The number of hydrogen-bond acceptors (Lipinski definition) is 5. The summed E-state index contributed by atoms with van der Waals surface area (Å²) < 4.78 is 9.32. The van der Waals surface area contributed by atoms with Crippen LogP contribution in [0.1, 0.15) is 11.4 Å². The molecule has 0 atom stereocenters. The zero-order valence-corrected chi connectivity index (χ0v) is 9.85. The first-order valence-corrected chi connectivity index (χ1v) is 5.11. The number of rotatable bonds is 1. The van der Waals surface area contributed by atoms with Crippen LogP contribution < -0.4 is 4.74 Å². The summed E-state index contributed by atoms with van der Waals surface area (Å²) in [6, 6.07) is 5.07. The maximum absolute atomic E-state index is 11.0. The van der Waals surface area contributed by atoms with Crippen LogP contribution in [0.15, 0.2) is 18.2 Å². The summed E-state index contributed by atoms with van der Waals surface area (Å²) in [7, 11) is 1.26. The van der Waals surface area contributed by atoms with Crippen LogP contribution >= 0.6 is 0 Å². The van der Waals surface area contributed by atoms with E-state index in [9.17, 15) is 4.79 Å². The van der Waals surface area contributed by atoms with Gasteiger partial charge in [0.1, 0.15) is 5.75 Å². The Bertz CT molecular complexity index is 581. The van der Waals surface area contributed by atoms with E-state index in [0.717, 1.165) is 16.9 Å². The highest BCUT2D eigenvalue weighted by molar-refractivity contribution is 5.77. The highest BCUT2D eigenvalue weighted by Crippen LogP contribution is 2.19. The Morgan fingerprint density at radius 2 is 1.76 bits per heavy atom. The molecule has 0 amide bonds. The van der Waals surface area contributed by atoms with Crippen molar-refractivity contribution >= 4 is 17.2 Å². The summed E-state index contributed by atoms with van der Waals surface area (Å²) in [5.41, 5.74) is 3.20. The van der Waals surface area contributed by atoms with Crippen LogP contribution in [0.2, 0.25) is 0 Å². The highest BCUT2D eigenvalue weighted by atomic mass is 16.7. The molecule has 0 N–H and O–H groups in total. The molecule has 0 aliphatic heterocycles. The molecule has 5 heteroatoms. The summed E-state index contributed by atoms with van der Waals surface area (Å²) in [5, 5.41) is 0. The van der Waals surface area contributed by atoms with Crippen molar-refractivity contribution in [3.05, 3.63) is 29.6 Å². The lowest BCUT2D eigenvalue weighted by Crippen LogP contribution is -2.07. The van der Waals surface area contributed by atoms with Crippen molar-refractivity contribution in [1.29, 1.82) is 0 Å². The van der Waals surface area contributed by atoms with Gasteiger partial charge < -0.3 is 9.47 Å². The number of aryl methyl sites for hydroxylation is 2. The van der Waals surface area contributed by atoms with Gasteiger partial charge >= 0.3 is 6.16 Å². The molecule has 0 aliphatic carbocycles. The zero-order chi connectivity index (χ0) is 12.4. The van der Waals surface area contributed by atoms with Crippen LogP contribution in [0.25, 0.3) is 11.0 Å². The molecule has 5 nitrogen and oxygen atoms in total. The largest absolute Gasteiger partial charge is 0.513 e. The molecule has 1 heterocycles. The molecular weight excluding hydrogens is 220 g/mol. The average Bonchev–Trinajstić information content (AvgIpc) is 2.31. The molecule has 88 valence electrons. The van der Waals surface area contributed by atoms with Gasteiger partial charge in [-0.2, -0.15) is 0 Å². The monoisotopic (exact) mass is 232 g/mol. The fourth-order valence-corrected chi connectivity index (χ4v) is 1.41. The second-order valence-electron chi connectivity index (χ2n) is 3.60. The van der Waals surface area contributed by atoms with Gasteiger partial charge in [-0.3, -0.25) is 0 Å². The Labute approximate surface area is 98.4 Å². The Morgan fingerprint density at radius 1 is 1.12 bits per heavy atom. The second-order valence-corrected chi connectivity index (χ2v) is 3.60. The number of fused-ring (bicyclic) bond motifs is 1. The molecule has 0 bridgehead atoms. The average molecular weight is 232 g/mol. The van der Waals surface area contributed by atoms with Crippen LogP contribution in [0, 0.1) is 13.8 Å². The van der Waals surface area contributed by atoms with Gasteiger partial charge in [0.05, 0.1) is 29.5 Å². The normalized spacial score (nSPS) is 10.3. The first-order valence-electron chi connectivity index (χ1n) is 5.11. The lowest BCUT2D eigenvalue weighted by atomic mass is 10.2. The minimum Gasteiger partial charge on any atom is -0.437 e. The van der Waals surface area contributed by atoms with Gasteiger partial charge in [-0.25, -0.2) is 14.8 Å². The summed E-state index contributed by atoms with van der Waals surface area (Å²) in [5.74, 6) is 0.391. The molecule has 0 saturated heterocycles. The van der Waals surface area contributed by atoms with Crippen molar-refractivity contribution in [2.45, 2.75) is 13.8 Å². The summed E-state index contributed by atoms with van der Waals surface area (Å²) in [6.07, 6.45) is -0.749. The topological polar surface area (TPSA) is 61.3 Å². The van der Waals surface area contributed by atoms with Gasteiger partial charge in [-0.1, -0.05) is 0 Å². The van der Waals surface area contributed by atoms with E-state index < -0.39 is 6.16 Å². The Kier molecular flexibility index (Phi) is 2.91. The molecular formula is C12H12N2O3. The van der Waals surface area contributed by atoms with Gasteiger partial charge in [0.15, 0.2) is 0 Å². The molecule has 0 aliphatic rings. The molecule has 0 spiro atoms. The third-order valence-electron chi connectivity index (χ3n) is 2.41. The van der Waals surface area contributed by atoms with Gasteiger partial charge in [-0.15, -0.1) is 0 Å². The Morgan fingerprint density at radius 3 is 2.41 bits per heavy atom. The Balaban J connectivity index is 2.43. The van der Waals surface area contributed by atoms with Crippen molar-refractivity contribution in [2.75, 3.05) is 7.11 Å². The summed E-state index contributed by atoms with van der Waals surface area (Å²) in [4.78, 5) is 19.7. The van der Waals surface area contributed by atoms with E-state index in [0.29, 0.717) is 11.3 Å². The highest BCUT2D eigenvalue weighted by Gasteiger charge is 2.06. The van der Waals surface area contributed by atoms with Gasteiger partial charge in [0.2, 0.25) is 0 Å². The van der Waals surface area contributed by atoms with E-state index in [1.54, 1.807) is 18.2 Å². The fraction of sp³-hybridized carbons (Fsp3) is 0.250. The maximum atomic E-state index is 11.0. The Hall–Kier alpha value is -2.17. The molecule has 2 rings (SSSR count). The van der Waals surface area contributed by atoms with E-state index in [-0.39, 0.29) is 0 Å². The van der Waals surface area contributed by atoms with E-state index in [1.807, 2.05) is 13.8 Å². The molecule has 0 unspecified atom stereocenters. The van der Waals surface area contributed by atoms with Crippen molar-refractivity contribution in [3.8, 4) is 5.75 Å². The summed E-state index contributed by atoms with van der Waals surface area (Å²) in [6.45, 7) is 3.79. The quantitative estimate of drug-likeness (QED) is 0.558. The first-order chi connectivity index (χ1) is 8.10. The summed E-state index contributed by atoms with van der Waals surface area (Å²) >= 11 is 0. The molecule has 0 radical (unpaired) electrons. The van der Waals surface area contributed by atoms with Crippen molar-refractivity contribution in [2.24, 2.45) is 0 Å². The van der Waals surface area contributed by atoms with Crippen LogP contribution in [0.3, 0.4) is 0 Å². The third kappa shape index (κ3) is 2.33. The lowest BCUT2D eigenvalue weighted by Gasteiger charge is -2.05. The van der Waals surface area contributed by atoms with E-state index in [4.69, 9.17) is 4.74 Å². The minimum absolute atomic E-state index is 0.391. The molecule has 1 aromatic carbocycles. The maximum Gasteiger partial charge on any atom is 0.513 e. The smallest absolute Gasteiger partial charge is 0.437 e. The number of carbonyl (C=O) groups is 1. The zero-order valence-electron chi connectivity index (χ0n) is 9.85. The molecule has 2 aromatic rings. The van der Waals surface area contributed by atoms with Crippen molar-refractivity contribution in [3.63, 3.8) is 0 Å². The van der Waals surface area contributed by atoms with Gasteiger partial charge in [0.25, 0.3) is 0 Å². The first kappa shape index (κ1) is 11.3. The predicted molar refractivity (Wildman–Crippen MR) is 62.0 cm³/mol. The van der Waals surface area contributed by atoms with E-state index in [2.05, 4.69) is 14.7 Å². The van der Waals surface area contributed by atoms with Crippen LogP contribution in [-0.2, 0) is 4.74 Å². The van der Waals surface area contributed by atoms with Crippen molar-refractivity contribution < 1.29 is 14.3 Å². The molecule has 0 fully saturated rings. The molecule has 0 saturated carbocycles. The lowest BCUT2D eigenvalue weighted by molar-refractivity contribution is 0.121. The molecule has 1 aromatic heterocycles. The number of ether oxygens (including phenoxy) is 2. The van der Waals surface area contributed by atoms with Crippen molar-refractivity contribution in [1.82, 2.24) is 9.97 Å². The number of carbonyl (C=O) groups excluding carboxylic acids is 1. The number of nitrogens with zero attached hydrogens (tertiary/aromatic N) is 2. The van der Waals surface area contributed by atoms with Crippen LogP contribution in [0.4, 0.5) is 4.79 Å². The van der Waals surface area contributed by atoms with E-state index >= 15 is 0 Å². The second kappa shape index (κ2) is 4.37. The SMILES string of the molecule is COC(=O)Oc1ccc2nc(C)c(C)nc2c1. The fourth-order valence-electron chi connectivity index (χ4n) is 1.41. The third-order valence-corrected chi connectivity index (χ3v) is 2.41. The van der Waals surface area contributed by atoms with Gasteiger partial charge in [-0.05, 0) is 26.0 Å². The predicted octanol–water partition coefficient (Wildman–Crippen LogP) is 2.39. The number of benzene rings is 1. The number of aromatic nitrogens is 2. The number of methoxy groups -OCH3 is 1. The van der Waals surface area contributed by atoms with Crippen LogP contribution in [-0.4, -0.2) is 23.2 Å². The van der Waals surface area contributed by atoms with Crippen LogP contribution in [0.5, 0.6) is 5.75 Å². The standard InChI is InChI=1S/C12H12N2O3/c1-7-8(2)14-11-6-9(17-12(15)16-3)4-5-10(11)13-7/h4-6H,1-3H3. The minimum atomic E-state index is -0.749. The van der Waals surface area contributed by atoms with E-state index in [1.165, 1.54) is 7.11 Å². The molecule has 17 heavy (non-hydrogen) atoms.